The Kier molecular flexibility index (Phi) is 8.76. The van der Waals surface area contributed by atoms with Crippen LogP contribution >= 0.6 is 12.4 Å². The zero-order chi connectivity index (χ0) is 16.9. The van der Waals surface area contributed by atoms with E-state index in [-0.39, 0.29) is 23.2 Å². The third kappa shape index (κ3) is 5.76. The maximum absolute atomic E-state index is 12.2. The fourth-order valence-electron chi connectivity index (χ4n) is 1.95. The largest absolute Gasteiger partial charge is 0.326 e. The number of carbonyl (C=O) groups excluding carboxylic acids is 1. The second kappa shape index (κ2) is 9.22. The number of nitrogens with one attached hydrogen (secondary N) is 2. The van der Waals surface area contributed by atoms with E-state index in [2.05, 4.69) is 10.6 Å². The van der Waals surface area contributed by atoms with E-state index in [1.54, 1.807) is 6.07 Å². The third-order valence-corrected chi connectivity index (χ3v) is 5.32. The van der Waals surface area contributed by atoms with Crippen molar-refractivity contribution < 1.29 is 13.2 Å². The molecule has 23 heavy (non-hydrogen) atoms. The van der Waals surface area contributed by atoms with E-state index in [1.165, 1.54) is 20.2 Å². The summed E-state index contributed by atoms with van der Waals surface area (Å²) in [5.41, 5.74) is 2.25. The fraction of sp³-hybridized carbons (Fsp3) is 0.533. The summed E-state index contributed by atoms with van der Waals surface area (Å²) in [5, 5.41) is 5.80. The van der Waals surface area contributed by atoms with Crippen LogP contribution in [0.5, 0.6) is 0 Å². The van der Waals surface area contributed by atoms with E-state index >= 15 is 0 Å². The molecule has 0 aromatic heterocycles. The first-order chi connectivity index (χ1) is 10.2. The molecular weight excluding hydrogens is 338 g/mol. The van der Waals surface area contributed by atoms with E-state index in [1.807, 2.05) is 20.9 Å². The average Bonchev–Trinajstić information content (AvgIpc) is 2.43. The van der Waals surface area contributed by atoms with Gasteiger partial charge in [0.1, 0.15) is 0 Å². The Morgan fingerprint density at radius 2 is 1.83 bits per heavy atom. The molecule has 0 spiro atoms. The molecule has 0 atom stereocenters. The highest BCUT2D eigenvalue weighted by Crippen LogP contribution is 2.25. The molecule has 0 bridgehead atoms. The van der Waals surface area contributed by atoms with Crippen molar-refractivity contribution in [3.63, 3.8) is 0 Å². The molecule has 0 aliphatic carbocycles. The molecule has 0 aliphatic heterocycles. The Balaban J connectivity index is 0.00000484. The Hall–Kier alpha value is -1.15. The number of halogens is 1. The summed E-state index contributed by atoms with van der Waals surface area (Å²) in [6, 6.07) is 3.15. The topological polar surface area (TPSA) is 78.5 Å². The van der Waals surface area contributed by atoms with Crippen LogP contribution in [0.1, 0.15) is 24.0 Å². The minimum absolute atomic E-state index is 0. The van der Waals surface area contributed by atoms with E-state index in [0.29, 0.717) is 12.1 Å². The predicted octanol–water partition coefficient (Wildman–Crippen LogP) is 1.91. The number of hydrogen-bond donors (Lipinski definition) is 2. The van der Waals surface area contributed by atoms with E-state index in [4.69, 9.17) is 0 Å². The first-order valence-electron chi connectivity index (χ1n) is 7.18. The number of sulfonamides is 1. The Bertz CT molecular complexity index is 646. The molecule has 6 nitrogen and oxygen atoms in total. The molecule has 0 saturated heterocycles. The zero-order valence-corrected chi connectivity index (χ0v) is 15.9. The summed E-state index contributed by atoms with van der Waals surface area (Å²) in [6.07, 6.45) is 1.13. The lowest BCUT2D eigenvalue weighted by Crippen LogP contribution is -2.23. The molecule has 1 aromatic rings. The molecule has 8 heteroatoms. The number of anilines is 1. The summed E-state index contributed by atoms with van der Waals surface area (Å²) < 4.78 is 25.7. The molecule has 1 aromatic carbocycles. The molecule has 0 radical (unpaired) electrons. The fourth-order valence-corrected chi connectivity index (χ4v) is 2.97. The average molecular weight is 364 g/mol. The van der Waals surface area contributed by atoms with E-state index in [0.717, 1.165) is 28.4 Å². The van der Waals surface area contributed by atoms with Crippen molar-refractivity contribution in [1.29, 1.82) is 0 Å². The molecular formula is C15H26ClN3O3S. The first-order valence-corrected chi connectivity index (χ1v) is 8.62. The maximum atomic E-state index is 12.2. The van der Waals surface area contributed by atoms with E-state index < -0.39 is 10.0 Å². The number of hydrogen-bond acceptors (Lipinski definition) is 4. The van der Waals surface area contributed by atoms with Crippen molar-refractivity contribution in [1.82, 2.24) is 9.62 Å². The number of rotatable bonds is 7. The second-order valence-corrected chi connectivity index (χ2v) is 7.61. The monoisotopic (exact) mass is 363 g/mol. The Labute approximate surface area is 145 Å². The van der Waals surface area contributed by atoms with Crippen LogP contribution in [0, 0.1) is 13.8 Å². The van der Waals surface area contributed by atoms with Gasteiger partial charge >= 0.3 is 0 Å². The van der Waals surface area contributed by atoms with Gasteiger partial charge in [0.05, 0.1) is 4.90 Å². The lowest BCUT2D eigenvalue weighted by atomic mass is 10.1. The van der Waals surface area contributed by atoms with Gasteiger partial charge in [0.25, 0.3) is 0 Å². The molecule has 0 heterocycles. The number of carbonyl (C=O) groups is 1. The number of nitrogens with zero attached hydrogens (tertiary/aromatic N) is 1. The molecule has 2 N–H and O–H groups in total. The molecule has 0 aliphatic rings. The van der Waals surface area contributed by atoms with Crippen LogP contribution in [0.2, 0.25) is 0 Å². The van der Waals surface area contributed by atoms with Crippen LogP contribution in [0.3, 0.4) is 0 Å². The summed E-state index contributed by atoms with van der Waals surface area (Å²) in [6.45, 7) is 4.46. The van der Waals surface area contributed by atoms with Crippen LogP contribution in [-0.4, -0.2) is 46.3 Å². The van der Waals surface area contributed by atoms with E-state index in [9.17, 15) is 13.2 Å². The lowest BCUT2D eigenvalue weighted by Gasteiger charge is -2.16. The van der Waals surface area contributed by atoms with Crippen molar-refractivity contribution in [3.05, 3.63) is 23.3 Å². The second-order valence-electron chi connectivity index (χ2n) is 5.46. The quantitative estimate of drug-likeness (QED) is 0.725. The smallest absolute Gasteiger partial charge is 0.242 e. The van der Waals surface area contributed by atoms with Gasteiger partial charge in [-0.25, -0.2) is 12.7 Å². The molecule has 132 valence electrons. The van der Waals surface area contributed by atoms with Gasteiger partial charge in [-0.1, -0.05) is 0 Å². The number of benzene rings is 1. The van der Waals surface area contributed by atoms with Crippen molar-refractivity contribution in [3.8, 4) is 0 Å². The van der Waals surface area contributed by atoms with Gasteiger partial charge < -0.3 is 10.6 Å². The predicted molar refractivity (Wildman–Crippen MR) is 95.8 cm³/mol. The van der Waals surface area contributed by atoms with Crippen molar-refractivity contribution >= 4 is 34.0 Å². The van der Waals surface area contributed by atoms with Gasteiger partial charge in [-0.3, -0.25) is 4.79 Å². The highest BCUT2D eigenvalue weighted by atomic mass is 35.5. The van der Waals surface area contributed by atoms with Crippen LogP contribution in [0.4, 0.5) is 5.69 Å². The summed E-state index contributed by atoms with van der Waals surface area (Å²) in [5.74, 6) is -0.114. The van der Waals surface area contributed by atoms with Gasteiger partial charge in [0.15, 0.2) is 0 Å². The summed E-state index contributed by atoms with van der Waals surface area (Å²) in [4.78, 5) is 12.1. The molecule has 1 amide bonds. The maximum Gasteiger partial charge on any atom is 0.242 e. The third-order valence-electron chi connectivity index (χ3n) is 3.52. The molecule has 0 fully saturated rings. The lowest BCUT2D eigenvalue weighted by molar-refractivity contribution is -0.116. The van der Waals surface area contributed by atoms with Gasteiger partial charge in [-0.05, 0) is 57.1 Å². The van der Waals surface area contributed by atoms with Crippen molar-refractivity contribution in [2.45, 2.75) is 31.6 Å². The number of amides is 1. The molecule has 0 unspecified atom stereocenters. The highest BCUT2D eigenvalue weighted by Gasteiger charge is 2.20. The minimum Gasteiger partial charge on any atom is -0.326 e. The SMILES string of the molecule is CNCCCC(=O)Nc1cc(S(=O)(=O)N(C)C)cc(C)c1C.Cl. The molecule has 1 rings (SSSR count). The van der Waals surface area contributed by atoms with Crippen LogP contribution in [0.25, 0.3) is 0 Å². The first kappa shape index (κ1) is 21.9. The molecule has 0 saturated carbocycles. The summed E-state index contributed by atoms with van der Waals surface area (Å²) in [7, 11) is 1.28. The van der Waals surface area contributed by atoms with Crippen LogP contribution in [0.15, 0.2) is 17.0 Å². The zero-order valence-electron chi connectivity index (χ0n) is 14.3. The Morgan fingerprint density at radius 1 is 1.22 bits per heavy atom. The summed E-state index contributed by atoms with van der Waals surface area (Å²) >= 11 is 0. The minimum atomic E-state index is -3.52. The van der Waals surface area contributed by atoms with Crippen molar-refractivity contribution in [2.24, 2.45) is 0 Å². The standard InChI is InChI=1S/C15H25N3O3S.ClH/c1-11-9-13(22(20,21)18(4)5)10-14(12(11)2)17-15(19)7-6-8-16-3;/h9-10,16H,6-8H2,1-5H3,(H,17,19);1H. The van der Waals surface area contributed by atoms with Gasteiger partial charge in [0, 0.05) is 26.2 Å². The van der Waals surface area contributed by atoms with Gasteiger partial charge in [-0.2, -0.15) is 0 Å². The van der Waals surface area contributed by atoms with Crippen LogP contribution in [-0.2, 0) is 14.8 Å². The normalized spacial score (nSPS) is 11.2. The van der Waals surface area contributed by atoms with Gasteiger partial charge in [-0.15, -0.1) is 12.4 Å². The van der Waals surface area contributed by atoms with Crippen LogP contribution < -0.4 is 10.6 Å². The van der Waals surface area contributed by atoms with Crippen molar-refractivity contribution in [2.75, 3.05) is 33.0 Å². The Morgan fingerprint density at radius 3 is 2.35 bits per heavy atom. The highest BCUT2D eigenvalue weighted by molar-refractivity contribution is 7.89. The number of aryl methyl sites for hydroxylation is 1. The van der Waals surface area contributed by atoms with Gasteiger partial charge in [0.2, 0.25) is 15.9 Å².